The monoisotopic (exact) mass is 472 g/mol. The van der Waals surface area contributed by atoms with Gasteiger partial charge in [0.15, 0.2) is 5.96 Å². The number of nitrogens with zero attached hydrogens (tertiary/aromatic N) is 2. The molecule has 1 aromatic carbocycles. The number of para-hydroxylation sites is 1. The zero-order valence-corrected chi connectivity index (χ0v) is 18.3. The number of aromatic nitrogens is 1. The lowest BCUT2D eigenvalue weighted by Crippen LogP contribution is -2.38. The molecule has 0 aliphatic heterocycles. The SMILES string of the molecule is CCNC(=NCCCCSC)NCCc1cccc2cccnc12.I. The first-order chi connectivity index (χ1) is 11.8. The van der Waals surface area contributed by atoms with E-state index in [4.69, 9.17) is 0 Å². The van der Waals surface area contributed by atoms with Crippen molar-refractivity contribution in [1.82, 2.24) is 15.6 Å². The van der Waals surface area contributed by atoms with Crippen LogP contribution in [0.1, 0.15) is 25.3 Å². The minimum atomic E-state index is 0. The molecule has 1 aromatic heterocycles. The quantitative estimate of drug-likeness (QED) is 0.250. The van der Waals surface area contributed by atoms with Gasteiger partial charge in [-0.15, -0.1) is 24.0 Å². The van der Waals surface area contributed by atoms with E-state index in [1.54, 1.807) is 0 Å². The average Bonchev–Trinajstić information content (AvgIpc) is 2.61. The van der Waals surface area contributed by atoms with E-state index in [9.17, 15) is 0 Å². The molecule has 6 heteroatoms. The highest BCUT2D eigenvalue weighted by molar-refractivity contribution is 14.0. The number of unbranched alkanes of at least 4 members (excludes halogenated alkanes) is 1. The summed E-state index contributed by atoms with van der Waals surface area (Å²) in [5.74, 6) is 2.13. The van der Waals surface area contributed by atoms with Crippen LogP contribution in [0.3, 0.4) is 0 Å². The topological polar surface area (TPSA) is 49.3 Å². The normalized spacial score (nSPS) is 11.2. The molecule has 0 unspecified atom stereocenters. The van der Waals surface area contributed by atoms with Gasteiger partial charge < -0.3 is 10.6 Å². The Balaban J connectivity index is 0.00000312. The molecule has 0 amide bonds. The number of aliphatic imine (C=N–C) groups is 1. The predicted molar refractivity (Wildman–Crippen MR) is 122 cm³/mol. The molecule has 0 fully saturated rings. The van der Waals surface area contributed by atoms with Gasteiger partial charge in [-0.05, 0) is 49.8 Å². The molecule has 2 aromatic rings. The average molecular weight is 472 g/mol. The Bertz CT molecular complexity index is 643. The van der Waals surface area contributed by atoms with Crippen LogP contribution in [-0.4, -0.2) is 42.6 Å². The highest BCUT2D eigenvalue weighted by atomic mass is 127. The molecule has 0 spiro atoms. The van der Waals surface area contributed by atoms with Crippen LogP contribution in [0, 0.1) is 0 Å². The largest absolute Gasteiger partial charge is 0.357 e. The number of rotatable bonds is 9. The van der Waals surface area contributed by atoms with E-state index in [1.165, 1.54) is 23.1 Å². The van der Waals surface area contributed by atoms with E-state index in [2.05, 4.69) is 58.1 Å². The Morgan fingerprint density at radius 3 is 2.80 bits per heavy atom. The van der Waals surface area contributed by atoms with Crippen molar-refractivity contribution >= 4 is 52.6 Å². The Kier molecular flexibility index (Phi) is 11.6. The number of hydrogen-bond donors (Lipinski definition) is 2. The summed E-state index contributed by atoms with van der Waals surface area (Å²) in [6.45, 7) is 4.71. The van der Waals surface area contributed by atoms with Crippen LogP contribution in [0.25, 0.3) is 10.9 Å². The van der Waals surface area contributed by atoms with Crippen LogP contribution in [-0.2, 0) is 6.42 Å². The third-order valence-electron chi connectivity index (χ3n) is 3.77. The summed E-state index contributed by atoms with van der Waals surface area (Å²) in [6, 6.07) is 10.5. The molecule has 0 bridgehead atoms. The zero-order chi connectivity index (χ0) is 17.0. The van der Waals surface area contributed by atoms with Crippen LogP contribution in [0.2, 0.25) is 0 Å². The standard InChI is InChI=1S/C19H28N4S.HI/c1-3-20-19(22-12-4-5-15-24-2)23-14-11-17-9-6-8-16-10-7-13-21-18(16)17;/h6-10,13H,3-5,11-12,14-15H2,1-2H3,(H2,20,22,23);1H. The summed E-state index contributed by atoms with van der Waals surface area (Å²) < 4.78 is 0. The minimum Gasteiger partial charge on any atom is -0.357 e. The number of guanidine groups is 1. The Hall–Kier alpha value is -1.02. The molecule has 0 saturated heterocycles. The number of benzene rings is 1. The molecule has 0 aliphatic carbocycles. The maximum atomic E-state index is 4.65. The maximum absolute atomic E-state index is 4.65. The molecule has 0 saturated carbocycles. The molecule has 138 valence electrons. The van der Waals surface area contributed by atoms with Gasteiger partial charge in [0.1, 0.15) is 0 Å². The van der Waals surface area contributed by atoms with Crippen LogP contribution in [0.15, 0.2) is 41.5 Å². The van der Waals surface area contributed by atoms with E-state index in [0.29, 0.717) is 0 Å². The maximum Gasteiger partial charge on any atom is 0.191 e. The van der Waals surface area contributed by atoms with Crippen molar-refractivity contribution in [3.63, 3.8) is 0 Å². The summed E-state index contributed by atoms with van der Waals surface area (Å²) in [7, 11) is 0. The van der Waals surface area contributed by atoms with Crippen molar-refractivity contribution in [3.05, 3.63) is 42.1 Å². The van der Waals surface area contributed by atoms with Gasteiger partial charge in [-0.25, -0.2) is 0 Å². The second-order valence-electron chi connectivity index (χ2n) is 5.63. The molecule has 0 atom stereocenters. The minimum absolute atomic E-state index is 0. The smallest absolute Gasteiger partial charge is 0.191 e. The van der Waals surface area contributed by atoms with Crippen LogP contribution >= 0.6 is 35.7 Å². The molecule has 0 aliphatic rings. The van der Waals surface area contributed by atoms with Crippen molar-refractivity contribution in [2.45, 2.75) is 26.2 Å². The Morgan fingerprint density at radius 2 is 2.00 bits per heavy atom. The molecule has 25 heavy (non-hydrogen) atoms. The number of thioether (sulfide) groups is 1. The van der Waals surface area contributed by atoms with Crippen molar-refractivity contribution in [2.75, 3.05) is 31.6 Å². The van der Waals surface area contributed by atoms with Crippen molar-refractivity contribution < 1.29 is 0 Å². The molecule has 2 rings (SSSR count). The summed E-state index contributed by atoms with van der Waals surface area (Å²) in [5.41, 5.74) is 2.37. The summed E-state index contributed by atoms with van der Waals surface area (Å²) in [6.07, 6.45) is 7.32. The second-order valence-corrected chi connectivity index (χ2v) is 6.62. The van der Waals surface area contributed by atoms with E-state index in [1.807, 2.05) is 24.0 Å². The highest BCUT2D eigenvalue weighted by Gasteiger charge is 2.02. The number of hydrogen-bond acceptors (Lipinski definition) is 3. The summed E-state index contributed by atoms with van der Waals surface area (Å²) >= 11 is 1.90. The second kappa shape index (κ2) is 13.2. The van der Waals surface area contributed by atoms with Crippen LogP contribution < -0.4 is 10.6 Å². The van der Waals surface area contributed by atoms with Gasteiger partial charge in [0.05, 0.1) is 5.52 Å². The number of pyridine rings is 1. The van der Waals surface area contributed by atoms with Crippen LogP contribution in [0.4, 0.5) is 0 Å². The highest BCUT2D eigenvalue weighted by Crippen LogP contribution is 2.15. The molecule has 4 nitrogen and oxygen atoms in total. The lowest BCUT2D eigenvalue weighted by molar-refractivity contribution is 0.771. The van der Waals surface area contributed by atoms with E-state index >= 15 is 0 Å². The van der Waals surface area contributed by atoms with Gasteiger partial charge in [0.2, 0.25) is 0 Å². The number of nitrogens with one attached hydrogen (secondary N) is 2. The molecule has 2 N–H and O–H groups in total. The summed E-state index contributed by atoms with van der Waals surface area (Å²) in [4.78, 5) is 9.17. The first-order valence-corrected chi connectivity index (χ1v) is 10.1. The Labute approximate surface area is 172 Å². The van der Waals surface area contributed by atoms with E-state index in [-0.39, 0.29) is 24.0 Å². The van der Waals surface area contributed by atoms with Crippen LogP contribution in [0.5, 0.6) is 0 Å². The predicted octanol–water partition coefficient (Wildman–Crippen LogP) is 4.09. The van der Waals surface area contributed by atoms with Gasteiger partial charge in [-0.2, -0.15) is 11.8 Å². The fraction of sp³-hybridized carbons (Fsp3) is 0.474. The third kappa shape index (κ3) is 7.81. The fourth-order valence-corrected chi connectivity index (χ4v) is 3.07. The fourth-order valence-electron chi connectivity index (χ4n) is 2.58. The molecule has 0 radical (unpaired) electrons. The van der Waals surface area contributed by atoms with E-state index < -0.39 is 0 Å². The van der Waals surface area contributed by atoms with Crippen molar-refractivity contribution in [2.24, 2.45) is 4.99 Å². The first kappa shape index (κ1) is 22.0. The molecular weight excluding hydrogens is 443 g/mol. The van der Waals surface area contributed by atoms with Gasteiger partial charge in [0.25, 0.3) is 0 Å². The first-order valence-electron chi connectivity index (χ1n) is 8.69. The van der Waals surface area contributed by atoms with Crippen molar-refractivity contribution in [1.29, 1.82) is 0 Å². The van der Waals surface area contributed by atoms with Gasteiger partial charge >= 0.3 is 0 Å². The number of fused-ring (bicyclic) bond motifs is 1. The number of halogens is 1. The summed E-state index contributed by atoms with van der Waals surface area (Å²) in [5, 5.41) is 7.94. The third-order valence-corrected chi connectivity index (χ3v) is 4.47. The molecular formula is C19H29IN4S. The lowest BCUT2D eigenvalue weighted by Gasteiger charge is -2.12. The molecule has 1 heterocycles. The Morgan fingerprint density at radius 1 is 1.16 bits per heavy atom. The zero-order valence-electron chi connectivity index (χ0n) is 15.1. The van der Waals surface area contributed by atoms with Gasteiger partial charge in [-0.3, -0.25) is 9.98 Å². The lowest BCUT2D eigenvalue weighted by atomic mass is 10.1. The van der Waals surface area contributed by atoms with Crippen molar-refractivity contribution in [3.8, 4) is 0 Å². The van der Waals surface area contributed by atoms with Gasteiger partial charge in [-0.1, -0.05) is 24.3 Å². The van der Waals surface area contributed by atoms with E-state index in [0.717, 1.165) is 44.0 Å². The van der Waals surface area contributed by atoms with Gasteiger partial charge in [0, 0.05) is 31.2 Å².